The Kier molecular flexibility index (Phi) is 11.7. The Morgan fingerprint density at radius 3 is 2.14 bits per heavy atom. The molecule has 4 aromatic rings. The Balaban J connectivity index is 1.61. The zero-order chi connectivity index (χ0) is 35.2. The molecular weight excluding hydrogens is 743 g/mol. The molecule has 0 radical (unpaired) electrons. The maximum atomic E-state index is 14.6. The first-order chi connectivity index (χ1) is 23.3. The molecule has 0 unspecified atom stereocenters. The molecule has 0 saturated heterocycles. The SMILES string of the molecule is O=C(NC1CCCC1)[C@H](Cc1ccccc1)N(Cc1cccc(Br)c1)C(=O)CN(c1ccc(Cl)c(C(F)(F)F)c1)S(=O)(=O)c1ccccc1. The van der Waals surface area contributed by atoms with Crippen molar-refractivity contribution in [2.24, 2.45) is 0 Å². The molecule has 0 aliphatic heterocycles. The summed E-state index contributed by atoms with van der Waals surface area (Å²) in [6.07, 6.45) is -1.27. The fraction of sp³-hybridized carbons (Fsp3) is 0.278. The van der Waals surface area contributed by atoms with Crippen LogP contribution in [0.5, 0.6) is 0 Å². The Bertz CT molecular complexity index is 1880. The molecule has 1 atom stereocenters. The molecule has 258 valence electrons. The predicted octanol–water partition coefficient (Wildman–Crippen LogP) is 8.02. The number of nitrogens with zero attached hydrogens (tertiary/aromatic N) is 2. The van der Waals surface area contributed by atoms with Crippen molar-refractivity contribution in [2.75, 3.05) is 10.8 Å². The second kappa shape index (κ2) is 15.8. The Hall–Kier alpha value is -3.87. The number of anilines is 1. The number of hydrogen-bond acceptors (Lipinski definition) is 4. The summed E-state index contributed by atoms with van der Waals surface area (Å²) in [5.74, 6) is -1.19. The molecule has 0 heterocycles. The van der Waals surface area contributed by atoms with Crippen LogP contribution in [-0.4, -0.2) is 43.8 Å². The lowest BCUT2D eigenvalue weighted by Crippen LogP contribution is -2.54. The number of hydrogen-bond donors (Lipinski definition) is 1. The van der Waals surface area contributed by atoms with E-state index in [4.69, 9.17) is 11.6 Å². The quantitative estimate of drug-likeness (QED) is 0.158. The van der Waals surface area contributed by atoms with Crippen LogP contribution in [0.15, 0.2) is 112 Å². The lowest BCUT2D eigenvalue weighted by Gasteiger charge is -2.34. The topological polar surface area (TPSA) is 86.8 Å². The Labute approximate surface area is 297 Å². The maximum Gasteiger partial charge on any atom is 0.417 e. The number of halogens is 5. The highest BCUT2D eigenvalue weighted by Crippen LogP contribution is 2.38. The molecule has 1 aliphatic carbocycles. The Morgan fingerprint density at radius 1 is 0.878 bits per heavy atom. The second-order valence-electron chi connectivity index (χ2n) is 11.8. The van der Waals surface area contributed by atoms with Crippen LogP contribution in [0.3, 0.4) is 0 Å². The van der Waals surface area contributed by atoms with Crippen molar-refractivity contribution in [3.63, 3.8) is 0 Å². The number of nitrogens with one attached hydrogen (secondary N) is 1. The van der Waals surface area contributed by atoms with E-state index in [1.165, 1.54) is 29.2 Å². The highest BCUT2D eigenvalue weighted by Gasteiger charge is 2.38. The van der Waals surface area contributed by atoms with Gasteiger partial charge < -0.3 is 10.2 Å². The van der Waals surface area contributed by atoms with Crippen molar-refractivity contribution >= 4 is 55.1 Å². The van der Waals surface area contributed by atoms with Crippen LogP contribution in [0.1, 0.15) is 42.4 Å². The number of carbonyl (C=O) groups is 2. The van der Waals surface area contributed by atoms with Crippen LogP contribution >= 0.6 is 27.5 Å². The van der Waals surface area contributed by atoms with E-state index in [9.17, 15) is 31.2 Å². The van der Waals surface area contributed by atoms with Crippen molar-refractivity contribution in [1.29, 1.82) is 0 Å². The highest BCUT2D eigenvalue weighted by molar-refractivity contribution is 9.10. The minimum atomic E-state index is -4.90. The van der Waals surface area contributed by atoms with Crippen LogP contribution in [0.25, 0.3) is 0 Å². The lowest BCUT2D eigenvalue weighted by atomic mass is 10.0. The van der Waals surface area contributed by atoms with Gasteiger partial charge in [0.25, 0.3) is 10.0 Å². The highest BCUT2D eigenvalue weighted by atomic mass is 79.9. The van der Waals surface area contributed by atoms with Gasteiger partial charge in [0.05, 0.1) is 21.2 Å². The Morgan fingerprint density at radius 2 is 1.51 bits per heavy atom. The third-order valence-electron chi connectivity index (χ3n) is 8.37. The van der Waals surface area contributed by atoms with Crippen molar-refractivity contribution in [2.45, 2.75) is 61.8 Å². The van der Waals surface area contributed by atoms with Gasteiger partial charge in [-0.3, -0.25) is 13.9 Å². The smallest absolute Gasteiger partial charge is 0.352 e. The maximum absolute atomic E-state index is 14.6. The molecule has 0 aromatic heterocycles. The monoisotopic (exact) mass is 775 g/mol. The van der Waals surface area contributed by atoms with E-state index in [0.717, 1.165) is 47.9 Å². The molecular formula is C36H34BrClF3N3O4S. The predicted molar refractivity (Wildman–Crippen MR) is 186 cm³/mol. The summed E-state index contributed by atoms with van der Waals surface area (Å²) in [7, 11) is -4.59. The molecule has 1 aliphatic rings. The van der Waals surface area contributed by atoms with Crippen LogP contribution in [-0.2, 0) is 38.8 Å². The first kappa shape index (κ1) is 36.4. The molecule has 49 heavy (non-hydrogen) atoms. The zero-order valence-corrected chi connectivity index (χ0v) is 29.4. The van der Waals surface area contributed by atoms with Gasteiger partial charge in [-0.1, -0.05) is 101 Å². The van der Waals surface area contributed by atoms with Crippen LogP contribution in [0.4, 0.5) is 18.9 Å². The fourth-order valence-electron chi connectivity index (χ4n) is 5.89. The van der Waals surface area contributed by atoms with E-state index in [-0.39, 0.29) is 23.9 Å². The third-order valence-corrected chi connectivity index (χ3v) is 11.0. The average molecular weight is 777 g/mol. The summed E-state index contributed by atoms with van der Waals surface area (Å²) in [5, 5.41) is 2.47. The van der Waals surface area contributed by atoms with Crippen LogP contribution in [0.2, 0.25) is 5.02 Å². The summed E-state index contributed by atoms with van der Waals surface area (Å²) < 4.78 is 71.5. The number of amides is 2. The molecule has 0 bridgehead atoms. The number of alkyl halides is 3. The summed E-state index contributed by atoms with van der Waals surface area (Å²) >= 11 is 9.33. The van der Waals surface area contributed by atoms with E-state index >= 15 is 0 Å². The lowest BCUT2D eigenvalue weighted by molar-refractivity contribution is -0.140. The summed E-state index contributed by atoms with van der Waals surface area (Å²) in [4.78, 5) is 29.8. The third kappa shape index (κ3) is 9.23. The van der Waals surface area contributed by atoms with Crippen molar-refractivity contribution in [3.8, 4) is 0 Å². The molecule has 4 aromatic carbocycles. The molecule has 1 fully saturated rings. The van der Waals surface area contributed by atoms with Gasteiger partial charge in [0.15, 0.2) is 0 Å². The largest absolute Gasteiger partial charge is 0.417 e. The number of carbonyl (C=O) groups excluding carboxylic acids is 2. The molecule has 7 nitrogen and oxygen atoms in total. The first-order valence-electron chi connectivity index (χ1n) is 15.7. The molecule has 1 N–H and O–H groups in total. The number of sulfonamides is 1. The van der Waals surface area contributed by atoms with E-state index in [0.29, 0.717) is 15.9 Å². The summed E-state index contributed by atoms with van der Waals surface area (Å²) in [6.45, 7) is -0.979. The van der Waals surface area contributed by atoms with Crippen molar-refractivity contribution in [3.05, 3.63) is 129 Å². The van der Waals surface area contributed by atoms with Gasteiger partial charge >= 0.3 is 6.18 Å². The van der Waals surface area contributed by atoms with Crippen molar-refractivity contribution in [1.82, 2.24) is 10.2 Å². The van der Waals surface area contributed by atoms with E-state index in [1.54, 1.807) is 30.3 Å². The van der Waals surface area contributed by atoms with Gasteiger partial charge in [-0.2, -0.15) is 13.2 Å². The molecule has 13 heteroatoms. The fourth-order valence-corrected chi connectivity index (χ4v) is 7.99. The molecule has 5 rings (SSSR count). The molecule has 1 saturated carbocycles. The molecule has 2 amide bonds. The van der Waals surface area contributed by atoms with Gasteiger partial charge in [-0.25, -0.2) is 8.42 Å². The zero-order valence-electron chi connectivity index (χ0n) is 26.2. The second-order valence-corrected chi connectivity index (χ2v) is 15.0. The van der Waals surface area contributed by atoms with Gasteiger partial charge in [0, 0.05) is 23.5 Å². The number of benzene rings is 4. The first-order valence-corrected chi connectivity index (χ1v) is 18.3. The minimum Gasteiger partial charge on any atom is -0.352 e. The van der Waals surface area contributed by atoms with Gasteiger partial charge in [-0.15, -0.1) is 0 Å². The summed E-state index contributed by atoms with van der Waals surface area (Å²) in [6, 6.07) is 24.9. The van der Waals surface area contributed by atoms with Crippen molar-refractivity contribution < 1.29 is 31.2 Å². The van der Waals surface area contributed by atoms with Crippen LogP contribution in [0, 0.1) is 0 Å². The van der Waals surface area contributed by atoms with Gasteiger partial charge in [-0.05, 0) is 66.4 Å². The van der Waals surface area contributed by atoms with Crippen LogP contribution < -0.4 is 9.62 Å². The minimum absolute atomic E-state index is 0.0709. The van der Waals surface area contributed by atoms with E-state index in [2.05, 4.69) is 21.2 Å². The standard InChI is InChI=1S/C36H34BrClF3N3O4S/c37-27-13-9-12-26(20-27)23-43(33(21-25-10-3-1-4-11-25)35(46)42-28-14-7-8-15-28)34(45)24-44(49(47,48)30-16-5-2-6-17-30)29-18-19-32(38)31(22-29)36(39,40)41/h1-6,9-13,16-20,22,28,33H,7-8,14-15,21,23-24H2,(H,42,46)/t33-/m0/s1. The average Bonchev–Trinajstić information content (AvgIpc) is 3.59. The van der Waals surface area contributed by atoms with E-state index in [1.807, 2.05) is 30.3 Å². The normalized spacial score (nSPS) is 14.3. The van der Waals surface area contributed by atoms with Gasteiger partial charge in [0.1, 0.15) is 12.6 Å². The van der Waals surface area contributed by atoms with E-state index < -0.39 is 56.9 Å². The summed E-state index contributed by atoms with van der Waals surface area (Å²) in [5.41, 5.74) is -0.247. The van der Waals surface area contributed by atoms with Gasteiger partial charge in [0.2, 0.25) is 11.8 Å². The number of rotatable bonds is 12. The molecule has 0 spiro atoms.